The van der Waals surface area contributed by atoms with Crippen molar-refractivity contribution in [3.63, 3.8) is 0 Å². The molecule has 16 nitrogen and oxygen atoms in total. The van der Waals surface area contributed by atoms with Crippen LogP contribution < -0.4 is 20.3 Å². The molecule has 1 atom stereocenters. The summed E-state index contributed by atoms with van der Waals surface area (Å²) in [6, 6.07) is 15.6. The van der Waals surface area contributed by atoms with Crippen molar-refractivity contribution >= 4 is 41.4 Å². The molecule has 2 N–H and O–H groups in total. The zero-order valence-electron chi connectivity index (χ0n) is 39.4. The number of imide groups is 1. The van der Waals surface area contributed by atoms with Gasteiger partial charge in [0.2, 0.25) is 18.2 Å². The van der Waals surface area contributed by atoms with Gasteiger partial charge in [-0.2, -0.15) is 10.4 Å². The SMILES string of the molecule is CCOc1cc(-c2ccc(N3CCC(CN4CCC5(CC4)CCN(C(=O)c4ccc(CN(C=O)C6CCC(=O)NC6=O)c(C)c4)CC5)(NC(=O)c4cc(F)ccc4F)CC3)nc2)c2c(C#N)cnn2c1. The Bertz CT molecular complexity index is 2860. The summed E-state index contributed by atoms with van der Waals surface area (Å²) in [6.07, 6.45) is 10.7. The highest BCUT2D eigenvalue weighted by molar-refractivity contribution is 6.01. The van der Waals surface area contributed by atoms with Crippen LogP contribution in [0.3, 0.4) is 0 Å². The smallest absolute Gasteiger partial charge is 0.254 e. The van der Waals surface area contributed by atoms with Gasteiger partial charge >= 0.3 is 0 Å². The van der Waals surface area contributed by atoms with Crippen molar-refractivity contribution in [3.8, 4) is 22.9 Å². The minimum Gasteiger partial charge on any atom is -0.492 e. The molecule has 5 amide bonds. The van der Waals surface area contributed by atoms with Crippen LogP contribution in [0.25, 0.3) is 16.6 Å². The van der Waals surface area contributed by atoms with E-state index in [1.807, 2.05) is 49.1 Å². The molecule has 0 bridgehead atoms. The van der Waals surface area contributed by atoms with Crippen molar-refractivity contribution < 1.29 is 37.5 Å². The van der Waals surface area contributed by atoms with Crippen molar-refractivity contribution in [2.45, 2.75) is 83.3 Å². The minimum absolute atomic E-state index is 0.0539. The molecule has 4 aliphatic heterocycles. The molecule has 18 heteroatoms. The number of anilines is 1. The van der Waals surface area contributed by atoms with Gasteiger partial charge in [-0.05, 0) is 137 Å². The molecule has 0 aliphatic carbocycles. The largest absolute Gasteiger partial charge is 0.492 e. The van der Waals surface area contributed by atoms with Gasteiger partial charge in [0.05, 0.1) is 41.2 Å². The fraction of sp³-hybridized carbons (Fsp3) is 0.423. The van der Waals surface area contributed by atoms with Gasteiger partial charge in [0, 0.05) is 68.6 Å². The number of benzene rings is 2. The van der Waals surface area contributed by atoms with Gasteiger partial charge in [-0.15, -0.1) is 0 Å². The lowest BCUT2D eigenvalue weighted by Crippen LogP contribution is -2.62. The number of halogens is 2. The number of aryl methyl sites for hydroxylation is 1. The van der Waals surface area contributed by atoms with Gasteiger partial charge in [0.25, 0.3) is 11.8 Å². The van der Waals surface area contributed by atoms with Gasteiger partial charge in [0.15, 0.2) is 0 Å². The van der Waals surface area contributed by atoms with E-state index in [4.69, 9.17) is 9.72 Å². The summed E-state index contributed by atoms with van der Waals surface area (Å²) in [4.78, 5) is 76.3. The first-order valence-electron chi connectivity index (χ1n) is 24.0. The van der Waals surface area contributed by atoms with E-state index in [1.54, 1.807) is 23.0 Å². The Kier molecular flexibility index (Phi) is 13.6. The Morgan fingerprint density at radius 2 is 1.73 bits per heavy atom. The number of fused-ring (bicyclic) bond motifs is 1. The van der Waals surface area contributed by atoms with Crippen LogP contribution in [0.1, 0.15) is 95.7 Å². The predicted molar refractivity (Wildman–Crippen MR) is 255 cm³/mol. The fourth-order valence-electron chi connectivity index (χ4n) is 10.7. The molecule has 0 radical (unpaired) electrons. The highest BCUT2D eigenvalue weighted by Gasteiger charge is 2.43. The number of pyridine rings is 2. The van der Waals surface area contributed by atoms with Gasteiger partial charge in [-0.3, -0.25) is 29.3 Å². The Morgan fingerprint density at radius 1 is 0.971 bits per heavy atom. The average Bonchev–Trinajstić information content (AvgIpc) is 3.79. The van der Waals surface area contributed by atoms with E-state index < -0.39 is 35.0 Å². The molecule has 70 heavy (non-hydrogen) atoms. The molecule has 364 valence electrons. The van der Waals surface area contributed by atoms with Crippen LogP contribution >= 0.6 is 0 Å². The lowest BCUT2D eigenvalue weighted by Gasteiger charge is -2.50. The molecule has 1 spiro atoms. The van der Waals surface area contributed by atoms with Crippen molar-refractivity contribution in [2.75, 3.05) is 57.3 Å². The first-order valence-corrected chi connectivity index (χ1v) is 24.0. The summed E-state index contributed by atoms with van der Waals surface area (Å²) in [5.41, 5.74) is 3.83. The number of piperidine rings is 4. The number of carbonyl (C=O) groups is 5. The second-order valence-corrected chi connectivity index (χ2v) is 19.2. The van der Waals surface area contributed by atoms with Crippen molar-refractivity contribution in [1.29, 1.82) is 5.26 Å². The first kappa shape index (κ1) is 47.8. The topological polar surface area (TPSA) is 186 Å². The maximum absolute atomic E-state index is 15.0. The number of nitriles is 1. The highest BCUT2D eigenvalue weighted by atomic mass is 19.1. The van der Waals surface area contributed by atoms with Crippen LogP contribution in [-0.4, -0.2) is 123 Å². The molecule has 5 aromatic rings. The fourth-order valence-corrected chi connectivity index (χ4v) is 10.7. The summed E-state index contributed by atoms with van der Waals surface area (Å²) in [7, 11) is 0. The molecule has 7 heterocycles. The number of carbonyl (C=O) groups excluding carboxylic acids is 5. The lowest BCUT2D eigenvalue weighted by molar-refractivity contribution is -0.141. The Labute approximate surface area is 404 Å². The van der Waals surface area contributed by atoms with Crippen molar-refractivity contribution in [1.82, 2.24) is 39.9 Å². The van der Waals surface area contributed by atoms with E-state index in [1.165, 1.54) is 11.1 Å². The second-order valence-electron chi connectivity index (χ2n) is 19.2. The zero-order chi connectivity index (χ0) is 49.2. The number of likely N-dealkylation sites (tertiary alicyclic amines) is 2. The third kappa shape index (κ3) is 9.93. The molecule has 4 saturated heterocycles. The molecular formula is C52H56F2N10O6. The highest BCUT2D eigenvalue weighted by Crippen LogP contribution is 2.42. The monoisotopic (exact) mass is 954 g/mol. The van der Waals surface area contributed by atoms with Crippen molar-refractivity contribution in [3.05, 3.63) is 113 Å². The number of nitrogens with zero attached hydrogens (tertiary/aromatic N) is 8. The Morgan fingerprint density at radius 3 is 2.40 bits per heavy atom. The summed E-state index contributed by atoms with van der Waals surface area (Å²) < 4.78 is 36.7. The number of ether oxygens (including phenoxy) is 1. The van der Waals surface area contributed by atoms with E-state index >= 15 is 0 Å². The van der Waals surface area contributed by atoms with E-state index in [-0.39, 0.29) is 42.2 Å². The van der Waals surface area contributed by atoms with E-state index in [0.29, 0.717) is 81.0 Å². The standard InChI is InChI=1S/C52H56F2N10O6/c1-3-70-40-26-41(47-38(27-55)29-57-64(47)31-40)36-6-10-45(56-28-36)61-22-16-52(17-23-61,59-48(67)42-25-39(53)7-8-43(42)54)32-60-18-12-51(13-19-60)14-20-62(21-15-51)50(69)35-4-5-37(34(2)24-35)30-63(33-65)44-9-11-46(66)58-49(44)68/h4-8,10,24-26,28-29,31,33,44H,3,9,11-23,30,32H2,1-2H3,(H,59,67)(H,58,66,68). The Balaban J connectivity index is 0.832. The number of hydrogen-bond acceptors (Lipinski definition) is 11. The van der Waals surface area contributed by atoms with E-state index in [0.717, 1.165) is 85.0 Å². The van der Waals surface area contributed by atoms with Crippen LogP contribution in [-0.2, 0) is 20.9 Å². The molecule has 0 saturated carbocycles. The van der Waals surface area contributed by atoms with E-state index in [2.05, 4.69) is 31.6 Å². The van der Waals surface area contributed by atoms with Crippen LogP contribution in [0.2, 0.25) is 0 Å². The number of nitrogens with one attached hydrogen (secondary N) is 2. The van der Waals surface area contributed by atoms with Crippen molar-refractivity contribution in [2.24, 2.45) is 5.41 Å². The number of aromatic nitrogens is 3. The van der Waals surface area contributed by atoms with Gasteiger partial charge < -0.3 is 29.7 Å². The van der Waals surface area contributed by atoms with Crippen LogP contribution in [0.15, 0.2) is 73.2 Å². The number of amides is 5. The first-order chi connectivity index (χ1) is 33.8. The van der Waals surface area contributed by atoms with Crippen LogP contribution in [0.4, 0.5) is 14.6 Å². The molecule has 4 aliphatic rings. The summed E-state index contributed by atoms with van der Waals surface area (Å²) in [6.45, 7) is 8.86. The minimum atomic E-state index is -0.789. The second kappa shape index (κ2) is 20.0. The van der Waals surface area contributed by atoms with Gasteiger partial charge in [0.1, 0.15) is 35.3 Å². The average molecular weight is 955 g/mol. The maximum Gasteiger partial charge on any atom is 0.254 e. The van der Waals surface area contributed by atoms with Gasteiger partial charge in [-0.1, -0.05) is 6.07 Å². The van der Waals surface area contributed by atoms with Crippen LogP contribution in [0, 0.1) is 35.3 Å². The molecule has 2 aromatic carbocycles. The summed E-state index contributed by atoms with van der Waals surface area (Å²) in [5, 5.41) is 19.6. The predicted octanol–water partition coefficient (Wildman–Crippen LogP) is 5.80. The van der Waals surface area contributed by atoms with E-state index in [9.17, 15) is 38.0 Å². The molecule has 1 unspecified atom stereocenters. The zero-order valence-corrected chi connectivity index (χ0v) is 39.4. The van der Waals surface area contributed by atoms with Crippen LogP contribution in [0.5, 0.6) is 5.75 Å². The third-order valence-electron chi connectivity index (χ3n) is 14.9. The third-order valence-corrected chi connectivity index (χ3v) is 14.9. The molecular weight excluding hydrogens is 899 g/mol. The molecule has 4 fully saturated rings. The quantitative estimate of drug-likeness (QED) is 0.107. The number of hydrogen-bond donors (Lipinski definition) is 2. The van der Waals surface area contributed by atoms with Gasteiger partial charge in [-0.25, -0.2) is 18.3 Å². The normalized spacial score (nSPS) is 19.1. The lowest BCUT2D eigenvalue weighted by atomic mass is 9.71. The molecule has 3 aromatic heterocycles. The molecule has 9 rings (SSSR count). The maximum atomic E-state index is 15.0. The summed E-state index contributed by atoms with van der Waals surface area (Å²) in [5.74, 6) is -1.67. The Hall–Kier alpha value is -7.26. The summed E-state index contributed by atoms with van der Waals surface area (Å²) >= 11 is 0. The number of rotatable bonds is 13.